The number of morpholine rings is 1. The number of hydrazone groups is 1. The van der Waals surface area contributed by atoms with Gasteiger partial charge in [0.1, 0.15) is 11.3 Å². The van der Waals surface area contributed by atoms with Crippen molar-refractivity contribution in [1.82, 2.24) is 5.43 Å². The standard InChI is InChI=1S/C23H23N3O5/c1-16-12-23(28)31-21-13-19(6-7-20(16)21)30-15-22(27)25-24-14-17-2-4-18(5-3-17)26-8-10-29-11-9-26/h2-7,12-14H,8-11,15H2,1H3,(H,25,27)/b24-14-. The van der Waals surface area contributed by atoms with E-state index >= 15 is 0 Å². The number of aryl methyl sites for hydroxylation is 1. The number of benzene rings is 2. The van der Waals surface area contributed by atoms with Gasteiger partial charge in [-0.15, -0.1) is 0 Å². The van der Waals surface area contributed by atoms with Crippen LogP contribution in [0.2, 0.25) is 0 Å². The van der Waals surface area contributed by atoms with Gasteiger partial charge in [-0.25, -0.2) is 10.2 Å². The maximum absolute atomic E-state index is 12.0. The Morgan fingerprint density at radius 2 is 1.94 bits per heavy atom. The number of ether oxygens (including phenoxy) is 2. The zero-order chi connectivity index (χ0) is 21.6. The first kappa shape index (κ1) is 20.6. The number of nitrogens with zero attached hydrogens (tertiary/aromatic N) is 2. The normalized spacial score (nSPS) is 14.2. The second-order valence-electron chi connectivity index (χ2n) is 7.18. The Labute approximate surface area is 179 Å². The van der Waals surface area contributed by atoms with E-state index in [1.54, 1.807) is 24.4 Å². The van der Waals surface area contributed by atoms with Crippen LogP contribution in [-0.4, -0.2) is 45.0 Å². The third-order valence-electron chi connectivity index (χ3n) is 4.96. The summed E-state index contributed by atoms with van der Waals surface area (Å²) >= 11 is 0. The molecule has 1 aliphatic rings. The molecule has 4 rings (SSSR count). The topological polar surface area (TPSA) is 93.4 Å². The second kappa shape index (κ2) is 9.44. The van der Waals surface area contributed by atoms with Crippen LogP contribution in [0.25, 0.3) is 11.0 Å². The second-order valence-corrected chi connectivity index (χ2v) is 7.18. The van der Waals surface area contributed by atoms with Crippen molar-refractivity contribution in [3.05, 3.63) is 70.1 Å². The summed E-state index contributed by atoms with van der Waals surface area (Å²) in [6, 6.07) is 14.5. The van der Waals surface area contributed by atoms with Crippen LogP contribution in [0, 0.1) is 6.92 Å². The number of nitrogens with one attached hydrogen (secondary N) is 1. The van der Waals surface area contributed by atoms with E-state index < -0.39 is 11.5 Å². The van der Waals surface area contributed by atoms with Crippen LogP contribution in [0.1, 0.15) is 11.1 Å². The molecule has 1 aliphatic heterocycles. The molecule has 2 aromatic carbocycles. The maximum Gasteiger partial charge on any atom is 0.336 e. The molecule has 8 heteroatoms. The smallest absolute Gasteiger partial charge is 0.336 e. The van der Waals surface area contributed by atoms with Crippen LogP contribution in [0.3, 0.4) is 0 Å². The van der Waals surface area contributed by atoms with Crippen molar-refractivity contribution >= 4 is 28.8 Å². The molecule has 0 aliphatic carbocycles. The van der Waals surface area contributed by atoms with Gasteiger partial charge in [0.25, 0.3) is 5.91 Å². The van der Waals surface area contributed by atoms with Gasteiger partial charge < -0.3 is 18.8 Å². The van der Waals surface area contributed by atoms with Gasteiger partial charge in [-0.2, -0.15) is 5.10 Å². The lowest BCUT2D eigenvalue weighted by Gasteiger charge is -2.28. The molecule has 1 saturated heterocycles. The molecule has 0 saturated carbocycles. The molecule has 1 amide bonds. The Balaban J connectivity index is 1.28. The van der Waals surface area contributed by atoms with Crippen LogP contribution in [0.5, 0.6) is 5.75 Å². The molecule has 3 aromatic rings. The Hall–Kier alpha value is -3.65. The zero-order valence-electron chi connectivity index (χ0n) is 17.2. The summed E-state index contributed by atoms with van der Waals surface area (Å²) in [5, 5.41) is 4.79. The summed E-state index contributed by atoms with van der Waals surface area (Å²) < 4.78 is 16.0. The first-order valence-corrected chi connectivity index (χ1v) is 10.0. The van der Waals surface area contributed by atoms with Crippen LogP contribution < -0.4 is 20.7 Å². The molecule has 1 aromatic heterocycles. The van der Waals surface area contributed by atoms with Crippen molar-refractivity contribution in [2.24, 2.45) is 5.10 Å². The average molecular weight is 421 g/mol. The lowest BCUT2D eigenvalue weighted by Crippen LogP contribution is -2.36. The van der Waals surface area contributed by atoms with Crippen molar-refractivity contribution in [3.63, 3.8) is 0 Å². The Morgan fingerprint density at radius 3 is 2.71 bits per heavy atom. The average Bonchev–Trinajstić information content (AvgIpc) is 2.78. The molecule has 0 atom stereocenters. The first-order valence-electron chi connectivity index (χ1n) is 10.0. The van der Waals surface area contributed by atoms with Gasteiger partial charge in [-0.1, -0.05) is 12.1 Å². The van der Waals surface area contributed by atoms with Crippen molar-refractivity contribution in [2.45, 2.75) is 6.92 Å². The van der Waals surface area contributed by atoms with Gasteiger partial charge in [0.15, 0.2) is 6.61 Å². The maximum atomic E-state index is 12.0. The van der Waals surface area contributed by atoms with Crippen LogP contribution in [0.4, 0.5) is 5.69 Å². The SMILES string of the molecule is Cc1cc(=O)oc2cc(OCC(=O)N/N=C\c3ccc(N4CCOCC4)cc3)ccc12. The minimum atomic E-state index is -0.424. The molecule has 31 heavy (non-hydrogen) atoms. The largest absolute Gasteiger partial charge is 0.484 e. The van der Waals surface area contributed by atoms with Crippen LogP contribution >= 0.6 is 0 Å². The van der Waals surface area contributed by atoms with E-state index in [2.05, 4.69) is 15.4 Å². The molecule has 2 heterocycles. The molecular weight excluding hydrogens is 398 g/mol. The molecule has 1 fully saturated rings. The van der Waals surface area contributed by atoms with Gasteiger partial charge in [-0.3, -0.25) is 4.79 Å². The summed E-state index contributed by atoms with van der Waals surface area (Å²) in [5.74, 6) is 0.0334. The molecular formula is C23H23N3O5. The minimum absolute atomic E-state index is 0.213. The summed E-state index contributed by atoms with van der Waals surface area (Å²) in [6.45, 7) is 4.87. The number of hydrogen-bond donors (Lipinski definition) is 1. The highest BCUT2D eigenvalue weighted by atomic mass is 16.5. The van der Waals surface area contributed by atoms with E-state index in [1.807, 2.05) is 31.2 Å². The summed E-state index contributed by atoms with van der Waals surface area (Å²) in [5.41, 5.74) is 5.27. The van der Waals surface area contributed by atoms with E-state index in [-0.39, 0.29) is 6.61 Å². The van der Waals surface area contributed by atoms with E-state index in [9.17, 15) is 9.59 Å². The lowest BCUT2D eigenvalue weighted by atomic mass is 10.1. The highest BCUT2D eigenvalue weighted by molar-refractivity contribution is 5.84. The molecule has 1 N–H and O–H groups in total. The van der Waals surface area contributed by atoms with E-state index in [1.165, 1.54) is 6.07 Å². The van der Waals surface area contributed by atoms with Crippen LogP contribution in [0.15, 0.2) is 62.8 Å². The Bertz CT molecular complexity index is 1150. The first-order chi connectivity index (χ1) is 15.1. The van der Waals surface area contributed by atoms with Crippen molar-refractivity contribution in [2.75, 3.05) is 37.8 Å². The number of amides is 1. The molecule has 0 unspecified atom stereocenters. The summed E-state index contributed by atoms with van der Waals surface area (Å²) in [6.07, 6.45) is 1.58. The van der Waals surface area contributed by atoms with Gasteiger partial charge in [0.05, 0.1) is 19.4 Å². The monoisotopic (exact) mass is 421 g/mol. The number of carbonyl (C=O) groups is 1. The third kappa shape index (κ3) is 5.29. The molecule has 8 nitrogen and oxygen atoms in total. The number of hydrogen-bond acceptors (Lipinski definition) is 7. The highest BCUT2D eigenvalue weighted by Gasteiger charge is 2.10. The van der Waals surface area contributed by atoms with Crippen molar-refractivity contribution < 1.29 is 18.7 Å². The number of anilines is 1. The number of rotatable bonds is 6. The zero-order valence-corrected chi connectivity index (χ0v) is 17.2. The predicted molar refractivity (Wildman–Crippen MR) is 118 cm³/mol. The summed E-state index contributed by atoms with van der Waals surface area (Å²) in [4.78, 5) is 25.8. The molecule has 0 spiro atoms. The van der Waals surface area contributed by atoms with Crippen molar-refractivity contribution in [3.8, 4) is 5.75 Å². The third-order valence-corrected chi connectivity index (χ3v) is 4.96. The van der Waals surface area contributed by atoms with Gasteiger partial charge >= 0.3 is 5.63 Å². The van der Waals surface area contributed by atoms with E-state index in [4.69, 9.17) is 13.9 Å². The van der Waals surface area contributed by atoms with Gasteiger partial charge in [-0.05, 0) is 42.3 Å². The number of fused-ring (bicyclic) bond motifs is 1. The Morgan fingerprint density at radius 1 is 1.16 bits per heavy atom. The predicted octanol–water partition coefficient (Wildman–Crippen LogP) is 2.47. The van der Waals surface area contributed by atoms with Crippen molar-refractivity contribution in [1.29, 1.82) is 0 Å². The van der Waals surface area contributed by atoms with Crippen LogP contribution in [-0.2, 0) is 9.53 Å². The van der Waals surface area contributed by atoms with E-state index in [0.717, 1.165) is 48.5 Å². The minimum Gasteiger partial charge on any atom is -0.484 e. The van der Waals surface area contributed by atoms with E-state index in [0.29, 0.717) is 11.3 Å². The number of carbonyl (C=O) groups excluding carboxylic acids is 1. The van der Waals surface area contributed by atoms with Gasteiger partial charge in [0, 0.05) is 36.3 Å². The summed E-state index contributed by atoms with van der Waals surface area (Å²) in [7, 11) is 0. The lowest BCUT2D eigenvalue weighted by molar-refractivity contribution is -0.123. The molecule has 0 radical (unpaired) electrons. The quantitative estimate of drug-likeness (QED) is 0.373. The molecule has 160 valence electrons. The fourth-order valence-corrected chi connectivity index (χ4v) is 3.35. The highest BCUT2D eigenvalue weighted by Crippen LogP contribution is 2.22. The molecule has 0 bridgehead atoms. The fraction of sp³-hybridized carbons (Fsp3) is 0.261. The van der Waals surface area contributed by atoms with Gasteiger partial charge in [0.2, 0.25) is 0 Å². The fourth-order valence-electron chi connectivity index (χ4n) is 3.35. The Kier molecular flexibility index (Phi) is 6.28.